The van der Waals surface area contributed by atoms with Gasteiger partial charge in [0.25, 0.3) is 0 Å². The SMILES string of the molecule is CCC(C)(CC)c1sc(C)nc1C(F)(F)F. The monoisotopic (exact) mass is 251 g/mol. The number of halogens is 3. The first-order valence-electron chi connectivity index (χ1n) is 5.29. The van der Waals surface area contributed by atoms with Gasteiger partial charge >= 0.3 is 6.18 Å². The first-order valence-corrected chi connectivity index (χ1v) is 6.11. The quantitative estimate of drug-likeness (QED) is 0.768. The minimum Gasteiger partial charge on any atom is -0.237 e. The first kappa shape index (κ1) is 13.5. The van der Waals surface area contributed by atoms with E-state index in [4.69, 9.17) is 0 Å². The van der Waals surface area contributed by atoms with Gasteiger partial charge in [-0.15, -0.1) is 11.3 Å². The second-order valence-electron chi connectivity index (χ2n) is 4.18. The van der Waals surface area contributed by atoms with Crippen molar-refractivity contribution in [1.29, 1.82) is 0 Å². The molecule has 1 nitrogen and oxygen atoms in total. The third-order valence-corrected chi connectivity index (χ3v) is 4.39. The van der Waals surface area contributed by atoms with E-state index in [1.165, 1.54) is 11.3 Å². The molecule has 0 bridgehead atoms. The first-order chi connectivity index (χ1) is 7.24. The van der Waals surface area contributed by atoms with Crippen molar-refractivity contribution in [2.24, 2.45) is 0 Å². The molecule has 0 aliphatic carbocycles. The molecule has 0 amide bonds. The second-order valence-corrected chi connectivity index (χ2v) is 5.38. The topological polar surface area (TPSA) is 12.9 Å². The van der Waals surface area contributed by atoms with E-state index in [0.717, 1.165) is 0 Å². The van der Waals surface area contributed by atoms with E-state index in [-0.39, 0.29) is 0 Å². The van der Waals surface area contributed by atoms with Crippen LogP contribution in [0.1, 0.15) is 49.2 Å². The fraction of sp³-hybridized carbons (Fsp3) is 0.727. The van der Waals surface area contributed by atoms with Gasteiger partial charge in [0.1, 0.15) is 0 Å². The van der Waals surface area contributed by atoms with Gasteiger partial charge in [0.05, 0.1) is 5.01 Å². The Morgan fingerprint density at radius 2 is 1.69 bits per heavy atom. The standard InChI is InChI=1S/C11H16F3NS/c1-5-10(4,6-2)9-8(11(12,13)14)15-7(3)16-9/h5-6H2,1-4H3. The van der Waals surface area contributed by atoms with Crippen LogP contribution in [0.2, 0.25) is 0 Å². The Morgan fingerprint density at radius 1 is 1.19 bits per heavy atom. The van der Waals surface area contributed by atoms with Crippen LogP contribution < -0.4 is 0 Å². The summed E-state index contributed by atoms with van der Waals surface area (Å²) >= 11 is 1.17. The van der Waals surface area contributed by atoms with Gasteiger partial charge in [0, 0.05) is 10.3 Å². The molecule has 0 aliphatic heterocycles. The van der Waals surface area contributed by atoms with Crippen molar-refractivity contribution in [3.63, 3.8) is 0 Å². The largest absolute Gasteiger partial charge is 0.434 e. The third-order valence-electron chi connectivity index (χ3n) is 3.11. The van der Waals surface area contributed by atoms with Crippen molar-refractivity contribution in [3.05, 3.63) is 15.6 Å². The van der Waals surface area contributed by atoms with Gasteiger partial charge in [-0.2, -0.15) is 13.2 Å². The molecule has 0 saturated heterocycles. The molecule has 0 radical (unpaired) electrons. The van der Waals surface area contributed by atoms with Crippen LogP contribution in [0.15, 0.2) is 0 Å². The summed E-state index contributed by atoms with van der Waals surface area (Å²) in [6, 6.07) is 0. The molecular weight excluding hydrogens is 235 g/mol. The molecule has 1 heterocycles. The Hall–Kier alpha value is -0.580. The summed E-state index contributed by atoms with van der Waals surface area (Å²) in [5.41, 5.74) is -1.11. The fourth-order valence-corrected chi connectivity index (χ4v) is 2.82. The normalized spacial score (nSPS) is 13.2. The lowest BCUT2D eigenvalue weighted by Crippen LogP contribution is -2.23. The van der Waals surface area contributed by atoms with E-state index in [9.17, 15) is 13.2 Å². The summed E-state index contributed by atoms with van der Waals surface area (Å²) in [6.07, 6.45) is -2.96. The highest BCUT2D eigenvalue weighted by Crippen LogP contribution is 2.43. The number of thiazole rings is 1. The van der Waals surface area contributed by atoms with Crippen molar-refractivity contribution in [2.75, 3.05) is 0 Å². The number of rotatable bonds is 3. The highest BCUT2D eigenvalue weighted by atomic mass is 32.1. The number of hydrogen-bond acceptors (Lipinski definition) is 2. The molecule has 16 heavy (non-hydrogen) atoms. The predicted molar refractivity (Wildman–Crippen MR) is 59.8 cm³/mol. The van der Waals surface area contributed by atoms with Gasteiger partial charge in [-0.05, 0) is 19.8 Å². The Morgan fingerprint density at radius 3 is 2.06 bits per heavy atom. The van der Waals surface area contributed by atoms with Crippen molar-refractivity contribution in [3.8, 4) is 0 Å². The summed E-state index contributed by atoms with van der Waals surface area (Å²) in [6.45, 7) is 7.32. The zero-order valence-corrected chi connectivity index (χ0v) is 10.7. The van der Waals surface area contributed by atoms with Crippen molar-refractivity contribution < 1.29 is 13.2 Å². The van der Waals surface area contributed by atoms with E-state index < -0.39 is 17.3 Å². The van der Waals surface area contributed by atoms with Crippen LogP contribution in [0, 0.1) is 6.92 Å². The molecule has 0 unspecified atom stereocenters. The van der Waals surface area contributed by atoms with E-state index in [1.807, 2.05) is 20.8 Å². The molecule has 0 saturated carbocycles. The van der Waals surface area contributed by atoms with Crippen molar-refractivity contribution in [2.45, 2.75) is 52.1 Å². The van der Waals surface area contributed by atoms with Crippen LogP contribution in [0.3, 0.4) is 0 Å². The number of alkyl halides is 3. The van der Waals surface area contributed by atoms with Crippen molar-refractivity contribution >= 4 is 11.3 Å². The van der Waals surface area contributed by atoms with E-state index in [0.29, 0.717) is 22.7 Å². The zero-order valence-electron chi connectivity index (χ0n) is 9.90. The summed E-state index contributed by atoms with van der Waals surface area (Å²) in [5, 5.41) is 0.482. The van der Waals surface area contributed by atoms with Crippen LogP contribution in [-0.2, 0) is 11.6 Å². The average molecular weight is 251 g/mol. The van der Waals surface area contributed by atoms with Gasteiger partial charge in [-0.1, -0.05) is 20.8 Å². The summed E-state index contributed by atoms with van der Waals surface area (Å²) in [4.78, 5) is 4.01. The highest BCUT2D eigenvalue weighted by Gasteiger charge is 2.41. The van der Waals surface area contributed by atoms with Gasteiger partial charge in [-0.25, -0.2) is 4.98 Å². The highest BCUT2D eigenvalue weighted by molar-refractivity contribution is 7.11. The maximum atomic E-state index is 12.8. The Bertz CT molecular complexity index is 364. The number of aromatic nitrogens is 1. The minimum atomic E-state index is -4.34. The molecule has 0 aromatic carbocycles. The van der Waals surface area contributed by atoms with Crippen LogP contribution in [0.25, 0.3) is 0 Å². The molecule has 0 fully saturated rings. The van der Waals surface area contributed by atoms with Gasteiger partial charge in [0.2, 0.25) is 0 Å². The van der Waals surface area contributed by atoms with Crippen LogP contribution in [0.4, 0.5) is 13.2 Å². The molecule has 1 rings (SSSR count). The van der Waals surface area contributed by atoms with Crippen molar-refractivity contribution in [1.82, 2.24) is 4.98 Å². The number of nitrogens with zero attached hydrogens (tertiary/aromatic N) is 1. The Balaban J connectivity index is 3.33. The fourth-order valence-electron chi connectivity index (χ4n) is 1.60. The van der Waals surface area contributed by atoms with E-state index in [2.05, 4.69) is 4.98 Å². The number of aryl methyl sites for hydroxylation is 1. The predicted octanol–water partition coefficient (Wildman–Crippen LogP) is 4.55. The number of hydrogen-bond donors (Lipinski definition) is 0. The van der Waals surface area contributed by atoms with E-state index in [1.54, 1.807) is 6.92 Å². The maximum absolute atomic E-state index is 12.8. The van der Waals surface area contributed by atoms with Crippen LogP contribution >= 0.6 is 11.3 Å². The molecule has 0 atom stereocenters. The lowest BCUT2D eigenvalue weighted by molar-refractivity contribution is -0.142. The lowest BCUT2D eigenvalue weighted by atomic mass is 9.82. The maximum Gasteiger partial charge on any atom is 0.434 e. The molecule has 0 aliphatic rings. The molecule has 0 N–H and O–H groups in total. The molecule has 0 spiro atoms. The lowest BCUT2D eigenvalue weighted by Gasteiger charge is -2.26. The van der Waals surface area contributed by atoms with E-state index >= 15 is 0 Å². The van der Waals surface area contributed by atoms with Crippen LogP contribution in [-0.4, -0.2) is 4.98 Å². The smallest absolute Gasteiger partial charge is 0.237 e. The van der Waals surface area contributed by atoms with Gasteiger partial charge in [0.15, 0.2) is 5.69 Å². The summed E-state index contributed by atoms with van der Waals surface area (Å²) < 4.78 is 38.4. The third kappa shape index (κ3) is 2.39. The zero-order chi connectivity index (χ0) is 12.6. The molecule has 5 heteroatoms. The molecular formula is C11H16F3NS. The minimum absolute atomic E-state index is 0.377. The summed E-state index contributed by atoms with van der Waals surface area (Å²) in [5.74, 6) is 0. The molecule has 1 aromatic rings. The second kappa shape index (κ2) is 4.35. The Labute approximate surface area is 97.7 Å². The van der Waals surface area contributed by atoms with Gasteiger partial charge in [-0.3, -0.25) is 0 Å². The Kier molecular flexibility index (Phi) is 3.67. The molecule has 92 valence electrons. The average Bonchev–Trinajstić information content (AvgIpc) is 2.59. The van der Waals surface area contributed by atoms with Crippen LogP contribution in [0.5, 0.6) is 0 Å². The van der Waals surface area contributed by atoms with Gasteiger partial charge < -0.3 is 0 Å². The summed E-state index contributed by atoms with van der Waals surface area (Å²) in [7, 11) is 0. The molecule has 1 aromatic heterocycles.